The van der Waals surface area contributed by atoms with Crippen LogP contribution in [0.25, 0.3) is 21.3 Å². The van der Waals surface area contributed by atoms with E-state index in [1.165, 1.54) is 33.4 Å². The van der Waals surface area contributed by atoms with Crippen LogP contribution in [0, 0.1) is 6.92 Å². The van der Waals surface area contributed by atoms with Crippen LogP contribution in [-0.4, -0.2) is 20.7 Å². The number of thiazole rings is 1. The van der Waals surface area contributed by atoms with Gasteiger partial charge in [0, 0.05) is 10.9 Å². The monoisotopic (exact) mass is 426 g/mol. The second kappa shape index (κ2) is 8.14. The summed E-state index contributed by atoms with van der Waals surface area (Å²) in [5.74, 6) is 0.417. The molecular weight excluding hydrogens is 408 g/mol. The lowest BCUT2D eigenvalue weighted by Gasteiger charge is -2.14. The van der Waals surface area contributed by atoms with Gasteiger partial charge in [-0.2, -0.15) is 5.10 Å². The van der Waals surface area contributed by atoms with Crippen LogP contribution < -0.4 is 10.9 Å². The number of rotatable bonds is 6. The van der Waals surface area contributed by atoms with E-state index >= 15 is 0 Å². The summed E-state index contributed by atoms with van der Waals surface area (Å²) in [7, 11) is 0. The summed E-state index contributed by atoms with van der Waals surface area (Å²) in [5, 5.41) is 9.97. The first kappa shape index (κ1) is 19.3. The minimum Gasteiger partial charge on any atom is -0.462 e. The van der Waals surface area contributed by atoms with E-state index < -0.39 is 6.04 Å². The summed E-state index contributed by atoms with van der Waals surface area (Å²) < 4.78 is 6.60. The highest BCUT2D eigenvalue weighted by Gasteiger charge is 2.19. The van der Waals surface area contributed by atoms with Gasteiger partial charge in [0.1, 0.15) is 11.7 Å². The molecule has 0 aliphatic carbocycles. The maximum absolute atomic E-state index is 12.7. The second-order valence-corrected chi connectivity index (χ2v) is 8.41. The Bertz CT molecular complexity index is 1180. The molecule has 7 nitrogen and oxygen atoms in total. The van der Waals surface area contributed by atoms with Gasteiger partial charge in [-0.3, -0.25) is 9.59 Å². The molecule has 0 aliphatic heterocycles. The van der Waals surface area contributed by atoms with Gasteiger partial charge >= 0.3 is 0 Å². The first-order valence-electron chi connectivity index (χ1n) is 8.94. The summed E-state index contributed by atoms with van der Waals surface area (Å²) in [6, 6.07) is 9.88. The molecule has 4 rings (SSSR count). The lowest BCUT2D eigenvalue weighted by molar-refractivity contribution is -0.124. The number of aryl methyl sites for hydroxylation is 1. The third kappa shape index (κ3) is 4.06. The molecule has 9 heteroatoms. The third-order valence-corrected chi connectivity index (χ3v) is 6.46. The van der Waals surface area contributed by atoms with Gasteiger partial charge in [-0.25, -0.2) is 9.67 Å². The van der Waals surface area contributed by atoms with Gasteiger partial charge in [0.15, 0.2) is 10.8 Å². The van der Waals surface area contributed by atoms with E-state index in [4.69, 9.17) is 4.42 Å². The quantitative estimate of drug-likeness (QED) is 0.505. The van der Waals surface area contributed by atoms with E-state index in [9.17, 15) is 9.59 Å². The van der Waals surface area contributed by atoms with E-state index in [1.807, 2.05) is 36.6 Å². The molecule has 0 aliphatic rings. The number of amides is 1. The van der Waals surface area contributed by atoms with Gasteiger partial charge in [0.05, 0.1) is 23.4 Å². The van der Waals surface area contributed by atoms with Crippen LogP contribution in [0.15, 0.2) is 57.3 Å². The molecule has 4 heterocycles. The van der Waals surface area contributed by atoms with Crippen LogP contribution in [-0.2, 0) is 11.3 Å². The molecule has 4 aromatic heterocycles. The van der Waals surface area contributed by atoms with Crippen LogP contribution in [0.2, 0.25) is 0 Å². The van der Waals surface area contributed by atoms with E-state index in [1.54, 1.807) is 19.3 Å². The first-order valence-corrected chi connectivity index (χ1v) is 10.6. The fourth-order valence-electron chi connectivity index (χ4n) is 2.78. The molecule has 0 fully saturated rings. The fraction of sp³-hybridized carbons (Fsp3) is 0.200. The number of carbonyl (C=O) groups is 1. The zero-order valence-corrected chi connectivity index (χ0v) is 17.4. The molecule has 0 bridgehead atoms. The SMILES string of the molecule is Cc1nc(-c2ccco2)sc1CNC(=O)C(C)n1nc(-c2cccs2)ccc1=O. The average Bonchev–Trinajstić information content (AvgIpc) is 3.47. The molecule has 0 spiro atoms. The summed E-state index contributed by atoms with van der Waals surface area (Å²) in [4.78, 5) is 31.3. The number of nitrogens with zero attached hydrogens (tertiary/aromatic N) is 3. The normalized spacial score (nSPS) is 12.1. The van der Waals surface area contributed by atoms with Crippen LogP contribution in [0.5, 0.6) is 0 Å². The Hall–Kier alpha value is -3.04. The zero-order valence-electron chi connectivity index (χ0n) is 15.8. The number of hydrogen-bond acceptors (Lipinski definition) is 7. The molecule has 0 radical (unpaired) electrons. The lowest BCUT2D eigenvalue weighted by Crippen LogP contribution is -2.36. The standard InChI is InChI=1S/C20H18N4O3S2/c1-12-17(29-20(22-12)15-5-3-9-27-15)11-21-19(26)13(2)24-18(25)8-7-14(23-24)16-6-4-10-28-16/h3-10,13H,11H2,1-2H3,(H,21,26). The Morgan fingerprint density at radius 2 is 2.14 bits per heavy atom. The van der Waals surface area contributed by atoms with Gasteiger partial charge in [0.2, 0.25) is 5.91 Å². The minimum absolute atomic E-state index is 0.282. The number of hydrogen-bond donors (Lipinski definition) is 1. The number of thiophene rings is 1. The zero-order chi connectivity index (χ0) is 20.4. The molecule has 0 aromatic carbocycles. The van der Waals surface area contributed by atoms with Crippen molar-refractivity contribution in [1.29, 1.82) is 0 Å². The molecule has 1 N–H and O–H groups in total. The van der Waals surface area contributed by atoms with Crippen molar-refractivity contribution in [2.45, 2.75) is 26.4 Å². The molecule has 1 unspecified atom stereocenters. The number of nitrogens with one attached hydrogen (secondary N) is 1. The molecule has 29 heavy (non-hydrogen) atoms. The van der Waals surface area contributed by atoms with Crippen LogP contribution in [0.3, 0.4) is 0 Å². The van der Waals surface area contributed by atoms with Gasteiger partial charge in [0.25, 0.3) is 5.56 Å². The van der Waals surface area contributed by atoms with Crippen molar-refractivity contribution >= 4 is 28.6 Å². The summed E-state index contributed by atoms with van der Waals surface area (Å²) in [6.45, 7) is 3.88. The predicted molar refractivity (Wildman–Crippen MR) is 113 cm³/mol. The summed E-state index contributed by atoms with van der Waals surface area (Å²) in [6.07, 6.45) is 1.60. The van der Waals surface area contributed by atoms with Crippen molar-refractivity contribution < 1.29 is 9.21 Å². The molecular formula is C20H18N4O3S2. The van der Waals surface area contributed by atoms with E-state index in [-0.39, 0.29) is 11.5 Å². The van der Waals surface area contributed by atoms with Crippen molar-refractivity contribution in [2.24, 2.45) is 0 Å². The lowest BCUT2D eigenvalue weighted by atomic mass is 10.3. The van der Waals surface area contributed by atoms with Gasteiger partial charge in [-0.1, -0.05) is 6.07 Å². The summed E-state index contributed by atoms with van der Waals surface area (Å²) >= 11 is 3.00. The molecule has 148 valence electrons. The van der Waals surface area contributed by atoms with Crippen molar-refractivity contribution in [1.82, 2.24) is 20.1 Å². The average molecular weight is 427 g/mol. The third-order valence-electron chi connectivity index (χ3n) is 4.39. The minimum atomic E-state index is -0.736. The Kier molecular flexibility index (Phi) is 5.41. The van der Waals surface area contributed by atoms with Crippen molar-refractivity contribution in [3.63, 3.8) is 0 Å². The molecule has 0 saturated carbocycles. The highest BCUT2D eigenvalue weighted by Crippen LogP contribution is 2.28. The van der Waals surface area contributed by atoms with Gasteiger partial charge in [-0.05, 0) is 43.5 Å². The Balaban J connectivity index is 1.48. The Morgan fingerprint density at radius 3 is 2.86 bits per heavy atom. The predicted octanol–water partition coefficient (Wildman–Crippen LogP) is 3.87. The molecule has 1 amide bonds. The van der Waals surface area contributed by atoms with E-state index in [0.717, 1.165) is 20.5 Å². The number of carbonyl (C=O) groups excluding carboxylic acids is 1. The number of furan rings is 1. The Morgan fingerprint density at radius 1 is 1.28 bits per heavy atom. The Labute approximate surface area is 174 Å². The number of aromatic nitrogens is 3. The van der Waals surface area contributed by atoms with Gasteiger partial charge < -0.3 is 9.73 Å². The molecule has 1 atom stereocenters. The largest absolute Gasteiger partial charge is 0.462 e. The van der Waals surface area contributed by atoms with Crippen LogP contribution in [0.4, 0.5) is 0 Å². The molecule has 0 saturated heterocycles. The topological polar surface area (TPSA) is 90.0 Å². The van der Waals surface area contributed by atoms with E-state index in [2.05, 4.69) is 15.4 Å². The highest BCUT2D eigenvalue weighted by molar-refractivity contribution is 7.15. The maximum Gasteiger partial charge on any atom is 0.267 e. The highest BCUT2D eigenvalue weighted by atomic mass is 32.1. The van der Waals surface area contributed by atoms with Crippen LogP contribution >= 0.6 is 22.7 Å². The first-order chi connectivity index (χ1) is 14.0. The van der Waals surface area contributed by atoms with Crippen LogP contribution in [0.1, 0.15) is 23.5 Å². The maximum atomic E-state index is 12.7. The second-order valence-electron chi connectivity index (χ2n) is 6.38. The van der Waals surface area contributed by atoms with Crippen molar-refractivity contribution in [3.05, 3.63) is 69.0 Å². The van der Waals surface area contributed by atoms with E-state index in [0.29, 0.717) is 18.0 Å². The van der Waals surface area contributed by atoms with Crippen molar-refractivity contribution in [2.75, 3.05) is 0 Å². The van der Waals surface area contributed by atoms with Crippen molar-refractivity contribution in [3.8, 4) is 21.3 Å². The fourth-order valence-corrected chi connectivity index (χ4v) is 4.44. The van der Waals surface area contributed by atoms with Gasteiger partial charge in [-0.15, -0.1) is 22.7 Å². The summed E-state index contributed by atoms with van der Waals surface area (Å²) in [5.41, 5.74) is 1.19. The smallest absolute Gasteiger partial charge is 0.267 e. The molecule has 4 aromatic rings.